The lowest BCUT2D eigenvalue weighted by Crippen LogP contribution is -2.31. The van der Waals surface area contributed by atoms with Crippen LogP contribution in [0.3, 0.4) is 0 Å². The Labute approximate surface area is 192 Å². The van der Waals surface area contributed by atoms with Gasteiger partial charge in [0, 0.05) is 36.8 Å². The summed E-state index contributed by atoms with van der Waals surface area (Å²) in [6, 6.07) is 0. The van der Waals surface area contributed by atoms with Crippen molar-refractivity contribution in [3.8, 4) is 0 Å². The Bertz CT molecular complexity index is 680. The monoisotopic (exact) mass is 444 g/mol. The average Bonchev–Trinajstić information content (AvgIpc) is 3.44. The maximum atomic E-state index is 12.3. The van der Waals surface area contributed by atoms with E-state index in [0.717, 1.165) is 51.4 Å². The maximum Gasteiger partial charge on any atom is 0.223 e. The van der Waals surface area contributed by atoms with E-state index in [2.05, 4.69) is 23.8 Å². The van der Waals surface area contributed by atoms with E-state index in [1.807, 2.05) is 0 Å². The Kier molecular flexibility index (Phi) is 10.3. The predicted octanol–water partition coefficient (Wildman–Crippen LogP) is 3.90. The van der Waals surface area contributed by atoms with Crippen LogP contribution in [0.2, 0.25) is 0 Å². The summed E-state index contributed by atoms with van der Waals surface area (Å²) in [7, 11) is 0. The third-order valence-electron chi connectivity index (χ3n) is 6.89. The number of hydrogen-bond acceptors (Lipinski definition) is 4. The molecule has 0 radical (unpaired) electrons. The third kappa shape index (κ3) is 7.72. The van der Waals surface area contributed by atoms with Crippen molar-refractivity contribution in [1.29, 1.82) is 0 Å². The molecule has 2 saturated carbocycles. The topological polar surface area (TPSA) is 92.3 Å². The fourth-order valence-electron chi connectivity index (χ4n) is 4.93. The fourth-order valence-corrected chi connectivity index (χ4v) is 4.93. The molecule has 6 heteroatoms. The van der Waals surface area contributed by atoms with Gasteiger partial charge in [-0.15, -0.1) is 0 Å². The van der Waals surface area contributed by atoms with Crippen molar-refractivity contribution in [3.05, 3.63) is 24.3 Å². The number of amides is 2. The number of Topliss-reactive ketones (excluding diaryl/α,β-unsaturated/α-hetero) is 2. The number of unbranched alkanes of at least 4 members (excludes halogenated alkanes) is 3. The minimum atomic E-state index is -0.0561. The van der Waals surface area contributed by atoms with Crippen molar-refractivity contribution in [1.82, 2.24) is 10.6 Å². The van der Waals surface area contributed by atoms with Crippen LogP contribution in [0.5, 0.6) is 0 Å². The molecule has 0 aromatic carbocycles. The standard InChI is InChI=1S/C26H40N2O4/c1-17(2)23(29)19-9-11-21(15-19)25(31)27-13-7-5-6-8-14-28-26(32)22-12-10-20(16-22)24(30)18(3)4/h19-22H,1,3,5-16H2,2,4H3,(H,27,31)(H,28,32). The van der Waals surface area contributed by atoms with Crippen LogP contribution < -0.4 is 10.6 Å². The summed E-state index contributed by atoms with van der Waals surface area (Å²) in [5.41, 5.74) is 1.16. The molecule has 2 rings (SSSR count). The van der Waals surface area contributed by atoms with Crippen molar-refractivity contribution in [2.75, 3.05) is 13.1 Å². The first kappa shape index (κ1) is 26.0. The fraction of sp³-hybridized carbons (Fsp3) is 0.692. The van der Waals surface area contributed by atoms with Gasteiger partial charge < -0.3 is 10.6 Å². The van der Waals surface area contributed by atoms with Gasteiger partial charge >= 0.3 is 0 Å². The number of hydrogen-bond donors (Lipinski definition) is 2. The van der Waals surface area contributed by atoms with Gasteiger partial charge in [-0.25, -0.2) is 0 Å². The van der Waals surface area contributed by atoms with Crippen LogP contribution in [-0.4, -0.2) is 36.5 Å². The quantitative estimate of drug-likeness (QED) is 0.333. The van der Waals surface area contributed by atoms with Gasteiger partial charge in [0.05, 0.1) is 0 Å². The normalized spacial score (nSPS) is 24.7. The Balaban J connectivity index is 1.49. The van der Waals surface area contributed by atoms with Crippen molar-refractivity contribution in [3.63, 3.8) is 0 Å². The lowest BCUT2D eigenvalue weighted by Gasteiger charge is -2.12. The van der Waals surface area contributed by atoms with Gasteiger partial charge in [0.25, 0.3) is 0 Å². The summed E-state index contributed by atoms with van der Waals surface area (Å²) in [5, 5.41) is 6.01. The van der Waals surface area contributed by atoms with Gasteiger partial charge in [-0.3, -0.25) is 19.2 Å². The Hall–Kier alpha value is -2.24. The van der Waals surface area contributed by atoms with Crippen LogP contribution in [0.1, 0.15) is 78.1 Å². The largest absolute Gasteiger partial charge is 0.356 e. The van der Waals surface area contributed by atoms with Crippen molar-refractivity contribution in [2.45, 2.75) is 78.1 Å². The van der Waals surface area contributed by atoms with Crippen molar-refractivity contribution >= 4 is 23.4 Å². The highest BCUT2D eigenvalue weighted by Crippen LogP contribution is 2.33. The first-order chi connectivity index (χ1) is 15.2. The lowest BCUT2D eigenvalue weighted by molar-refractivity contribution is -0.126. The molecular formula is C26H40N2O4. The van der Waals surface area contributed by atoms with Gasteiger partial charge in [0.15, 0.2) is 11.6 Å². The smallest absolute Gasteiger partial charge is 0.223 e. The molecule has 0 aromatic rings. The molecule has 4 atom stereocenters. The summed E-state index contributed by atoms with van der Waals surface area (Å²) in [4.78, 5) is 48.6. The van der Waals surface area contributed by atoms with Crippen LogP contribution in [0, 0.1) is 23.7 Å². The molecule has 178 valence electrons. The summed E-state index contributed by atoms with van der Waals surface area (Å²) < 4.78 is 0. The second-order valence-electron chi connectivity index (χ2n) is 9.70. The Morgan fingerprint density at radius 3 is 1.31 bits per heavy atom. The Morgan fingerprint density at radius 2 is 0.969 bits per heavy atom. The van der Waals surface area contributed by atoms with Crippen LogP contribution in [0.15, 0.2) is 24.3 Å². The Morgan fingerprint density at radius 1 is 0.625 bits per heavy atom. The number of carbonyl (C=O) groups is 4. The van der Waals surface area contributed by atoms with E-state index in [1.165, 1.54) is 0 Å². The number of allylic oxidation sites excluding steroid dienone is 2. The number of carbonyl (C=O) groups excluding carboxylic acids is 4. The van der Waals surface area contributed by atoms with Gasteiger partial charge in [-0.2, -0.15) is 0 Å². The molecule has 2 amide bonds. The van der Waals surface area contributed by atoms with E-state index in [4.69, 9.17) is 0 Å². The second-order valence-corrected chi connectivity index (χ2v) is 9.70. The van der Waals surface area contributed by atoms with E-state index in [9.17, 15) is 19.2 Å². The average molecular weight is 445 g/mol. The van der Waals surface area contributed by atoms with E-state index >= 15 is 0 Å². The molecule has 0 aliphatic heterocycles. The van der Waals surface area contributed by atoms with E-state index in [1.54, 1.807) is 13.8 Å². The molecule has 2 aliphatic carbocycles. The molecule has 2 fully saturated rings. The first-order valence-electron chi connectivity index (χ1n) is 12.2. The summed E-state index contributed by atoms with van der Waals surface area (Å²) in [6.45, 7) is 12.2. The van der Waals surface area contributed by atoms with Gasteiger partial charge in [-0.1, -0.05) is 26.0 Å². The van der Waals surface area contributed by atoms with Gasteiger partial charge in [0.2, 0.25) is 11.8 Å². The zero-order valence-corrected chi connectivity index (χ0v) is 19.8. The van der Waals surface area contributed by atoms with Crippen LogP contribution in [0.4, 0.5) is 0 Å². The number of ketones is 2. The highest BCUT2D eigenvalue weighted by atomic mass is 16.2. The number of rotatable bonds is 13. The molecule has 0 saturated heterocycles. The second kappa shape index (κ2) is 12.7. The van der Waals surface area contributed by atoms with Gasteiger partial charge in [0.1, 0.15) is 0 Å². The molecule has 2 N–H and O–H groups in total. The molecule has 2 aliphatic rings. The molecule has 4 unspecified atom stereocenters. The molecule has 6 nitrogen and oxygen atoms in total. The molecule has 0 spiro atoms. The first-order valence-corrected chi connectivity index (χ1v) is 12.2. The maximum absolute atomic E-state index is 12.3. The van der Waals surface area contributed by atoms with Crippen LogP contribution in [0.25, 0.3) is 0 Å². The van der Waals surface area contributed by atoms with E-state index < -0.39 is 0 Å². The van der Waals surface area contributed by atoms with Crippen molar-refractivity contribution in [2.24, 2.45) is 23.7 Å². The zero-order valence-electron chi connectivity index (χ0n) is 19.8. The number of nitrogens with one attached hydrogen (secondary N) is 2. The highest BCUT2D eigenvalue weighted by Gasteiger charge is 2.34. The van der Waals surface area contributed by atoms with Crippen molar-refractivity contribution < 1.29 is 19.2 Å². The minimum absolute atomic E-state index is 0.0415. The lowest BCUT2D eigenvalue weighted by atomic mass is 9.96. The zero-order chi connectivity index (χ0) is 23.7. The summed E-state index contributed by atoms with van der Waals surface area (Å²) in [5.74, 6) is 0.128. The van der Waals surface area contributed by atoms with Crippen LogP contribution >= 0.6 is 0 Å². The molecule has 0 aromatic heterocycles. The van der Waals surface area contributed by atoms with Crippen LogP contribution in [-0.2, 0) is 19.2 Å². The van der Waals surface area contributed by atoms with E-state index in [0.29, 0.717) is 37.1 Å². The molecular weight excluding hydrogens is 404 g/mol. The predicted molar refractivity (Wildman–Crippen MR) is 126 cm³/mol. The van der Waals surface area contributed by atoms with Gasteiger partial charge in [-0.05, 0) is 76.4 Å². The summed E-state index contributed by atoms with van der Waals surface area (Å²) >= 11 is 0. The SMILES string of the molecule is C=C(C)C(=O)C1CCC(C(=O)NCCCCCCNC(=O)C2CCC(C(=O)C(=C)C)C2)C1. The summed E-state index contributed by atoms with van der Waals surface area (Å²) in [6.07, 6.45) is 8.20. The molecule has 32 heavy (non-hydrogen) atoms. The molecule has 0 heterocycles. The highest BCUT2D eigenvalue weighted by molar-refractivity contribution is 5.97. The minimum Gasteiger partial charge on any atom is -0.356 e. The van der Waals surface area contributed by atoms with E-state index in [-0.39, 0.29) is 47.1 Å². The molecule has 0 bridgehead atoms. The third-order valence-corrected chi connectivity index (χ3v) is 6.89.